The van der Waals surface area contributed by atoms with Crippen molar-refractivity contribution in [2.24, 2.45) is 0 Å². The van der Waals surface area contributed by atoms with Gasteiger partial charge in [0.15, 0.2) is 0 Å². The highest BCUT2D eigenvalue weighted by Crippen LogP contribution is 2.25. The molecule has 160 valence electrons. The maximum absolute atomic E-state index is 12.7. The second-order valence-corrected chi connectivity index (χ2v) is 6.86. The van der Waals surface area contributed by atoms with E-state index in [1.54, 1.807) is 80.8 Å². The molecule has 0 radical (unpaired) electrons. The molecule has 0 heterocycles. The van der Waals surface area contributed by atoms with Crippen molar-refractivity contribution in [3.8, 4) is 11.5 Å². The van der Waals surface area contributed by atoms with E-state index in [-0.39, 0.29) is 11.9 Å². The second-order valence-electron chi connectivity index (χ2n) is 6.86. The Bertz CT molecular complexity index is 1050. The number of urea groups is 1. The van der Waals surface area contributed by atoms with Gasteiger partial charge in [-0.25, -0.2) is 4.79 Å². The van der Waals surface area contributed by atoms with Crippen LogP contribution in [0, 0.1) is 0 Å². The highest BCUT2D eigenvalue weighted by atomic mass is 16.5. The van der Waals surface area contributed by atoms with Gasteiger partial charge in [-0.3, -0.25) is 4.79 Å². The first-order chi connectivity index (χ1) is 15.0. The largest absolute Gasteiger partial charge is 0.497 e. The van der Waals surface area contributed by atoms with Gasteiger partial charge in [0.2, 0.25) is 0 Å². The maximum Gasteiger partial charge on any atom is 0.321 e. The third-order valence-electron chi connectivity index (χ3n) is 4.66. The Morgan fingerprint density at radius 1 is 0.839 bits per heavy atom. The summed E-state index contributed by atoms with van der Waals surface area (Å²) in [4.78, 5) is 26.5. The van der Waals surface area contributed by atoms with Gasteiger partial charge in [-0.15, -0.1) is 0 Å². The number of methoxy groups -OCH3 is 2. The number of anilines is 2. The van der Waals surface area contributed by atoms with Crippen LogP contribution in [0.25, 0.3) is 0 Å². The Labute approximate surface area is 181 Å². The molecule has 0 aliphatic heterocycles. The third kappa shape index (κ3) is 5.76. The smallest absolute Gasteiger partial charge is 0.321 e. The van der Waals surface area contributed by atoms with Crippen LogP contribution in [-0.2, 0) is 6.54 Å². The lowest BCUT2D eigenvalue weighted by Crippen LogP contribution is -2.31. The van der Waals surface area contributed by atoms with Gasteiger partial charge in [0.25, 0.3) is 5.91 Å². The summed E-state index contributed by atoms with van der Waals surface area (Å²) in [5.41, 5.74) is 2.57. The lowest BCUT2D eigenvalue weighted by Gasteiger charge is -2.20. The van der Waals surface area contributed by atoms with E-state index in [1.807, 2.05) is 18.2 Å². The SMILES string of the molecule is COc1ccc(CN(C)C(=O)Nc2cccc(NC(=O)c3ccccc3)c2)c(OC)c1. The van der Waals surface area contributed by atoms with Crippen LogP contribution in [0.5, 0.6) is 11.5 Å². The van der Waals surface area contributed by atoms with Crippen molar-refractivity contribution in [3.05, 3.63) is 83.9 Å². The fourth-order valence-corrected chi connectivity index (χ4v) is 3.00. The lowest BCUT2D eigenvalue weighted by molar-refractivity contribution is 0.102. The monoisotopic (exact) mass is 419 g/mol. The summed E-state index contributed by atoms with van der Waals surface area (Å²) in [6.07, 6.45) is 0. The van der Waals surface area contributed by atoms with Crippen LogP contribution in [0.3, 0.4) is 0 Å². The van der Waals surface area contributed by atoms with E-state index in [9.17, 15) is 9.59 Å². The molecular weight excluding hydrogens is 394 g/mol. The van der Waals surface area contributed by atoms with Crippen LogP contribution in [-0.4, -0.2) is 38.1 Å². The maximum atomic E-state index is 12.7. The number of carbonyl (C=O) groups excluding carboxylic acids is 2. The zero-order valence-corrected chi connectivity index (χ0v) is 17.7. The summed E-state index contributed by atoms with van der Waals surface area (Å²) < 4.78 is 10.6. The molecule has 7 heteroatoms. The molecule has 0 bridgehead atoms. The first kappa shape index (κ1) is 21.7. The van der Waals surface area contributed by atoms with Gasteiger partial charge in [0.05, 0.1) is 20.8 Å². The molecule has 0 unspecified atom stereocenters. The highest BCUT2D eigenvalue weighted by molar-refractivity contribution is 6.04. The topological polar surface area (TPSA) is 79.9 Å². The summed E-state index contributed by atoms with van der Waals surface area (Å²) in [6, 6.07) is 21.1. The zero-order chi connectivity index (χ0) is 22.2. The molecule has 0 aromatic heterocycles. The third-order valence-corrected chi connectivity index (χ3v) is 4.66. The van der Waals surface area contributed by atoms with Gasteiger partial charge in [0, 0.05) is 35.6 Å². The van der Waals surface area contributed by atoms with Crippen LogP contribution in [0.4, 0.5) is 16.2 Å². The number of ether oxygens (including phenoxy) is 2. The van der Waals surface area contributed by atoms with E-state index in [0.29, 0.717) is 35.0 Å². The number of benzene rings is 3. The van der Waals surface area contributed by atoms with Crippen molar-refractivity contribution in [3.63, 3.8) is 0 Å². The Hall–Kier alpha value is -4.00. The van der Waals surface area contributed by atoms with E-state index >= 15 is 0 Å². The average Bonchev–Trinajstić information content (AvgIpc) is 2.80. The molecule has 7 nitrogen and oxygen atoms in total. The second kappa shape index (κ2) is 10.2. The van der Waals surface area contributed by atoms with Crippen LogP contribution >= 0.6 is 0 Å². The summed E-state index contributed by atoms with van der Waals surface area (Å²) >= 11 is 0. The number of hydrogen-bond acceptors (Lipinski definition) is 4. The molecule has 0 fully saturated rings. The molecule has 0 saturated carbocycles. The van der Waals surface area contributed by atoms with E-state index in [4.69, 9.17) is 9.47 Å². The summed E-state index contributed by atoms with van der Waals surface area (Å²) in [7, 11) is 4.86. The van der Waals surface area contributed by atoms with E-state index in [2.05, 4.69) is 10.6 Å². The number of carbonyl (C=O) groups is 2. The van der Waals surface area contributed by atoms with Gasteiger partial charge in [-0.2, -0.15) is 0 Å². The van der Waals surface area contributed by atoms with Crippen molar-refractivity contribution in [1.82, 2.24) is 4.90 Å². The number of nitrogens with one attached hydrogen (secondary N) is 2. The van der Waals surface area contributed by atoms with Gasteiger partial charge in [0.1, 0.15) is 11.5 Å². The standard InChI is InChI=1S/C24H25N3O4/c1-27(16-18-12-13-21(30-2)15-22(18)31-3)24(29)26-20-11-7-10-19(14-20)25-23(28)17-8-5-4-6-9-17/h4-15H,16H2,1-3H3,(H,25,28)(H,26,29). The van der Waals surface area contributed by atoms with Crippen LogP contribution in [0.1, 0.15) is 15.9 Å². The minimum atomic E-state index is -0.288. The summed E-state index contributed by atoms with van der Waals surface area (Å²) in [5, 5.41) is 5.68. The van der Waals surface area contributed by atoms with E-state index in [1.165, 1.54) is 0 Å². The molecule has 0 aliphatic carbocycles. The highest BCUT2D eigenvalue weighted by Gasteiger charge is 2.14. The number of rotatable bonds is 7. The van der Waals surface area contributed by atoms with Crippen LogP contribution in [0.15, 0.2) is 72.8 Å². The molecule has 2 N–H and O–H groups in total. The normalized spacial score (nSPS) is 10.2. The van der Waals surface area contributed by atoms with Crippen molar-refractivity contribution >= 4 is 23.3 Å². The van der Waals surface area contributed by atoms with E-state index in [0.717, 1.165) is 5.56 Å². The lowest BCUT2D eigenvalue weighted by atomic mass is 10.2. The van der Waals surface area contributed by atoms with Gasteiger partial charge in [-0.05, 0) is 42.5 Å². The van der Waals surface area contributed by atoms with Crippen LogP contribution in [0.2, 0.25) is 0 Å². The molecule has 3 aromatic carbocycles. The number of amides is 3. The Kier molecular flexibility index (Phi) is 7.11. The molecule has 31 heavy (non-hydrogen) atoms. The zero-order valence-electron chi connectivity index (χ0n) is 17.7. The Balaban J connectivity index is 1.64. The molecule has 3 rings (SSSR count). The van der Waals surface area contributed by atoms with Crippen molar-refractivity contribution in [2.45, 2.75) is 6.54 Å². The molecule has 0 saturated heterocycles. The predicted octanol–water partition coefficient (Wildman–Crippen LogP) is 4.62. The summed E-state index contributed by atoms with van der Waals surface area (Å²) in [6.45, 7) is 0.351. The van der Waals surface area contributed by atoms with Gasteiger partial charge in [-0.1, -0.05) is 24.3 Å². The average molecular weight is 419 g/mol. The van der Waals surface area contributed by atoms with Crippen molar-refractivity contribution in [2.75, 3.05) is 31.9 Å². The van der Waals surface area contributed by atoms with Gasteiger partial charge < -0.3 is 25.0 Å². The number of hydrogen-bond donors (Lipinski definition) is 2. The van der Waals surface area contributed by atoms with Crippen LogP contribution < -0.4 is 20.1 Å². The summed E-state index contributed by atoms with van der Waals surface area (Å²) in [5.74, 6) is 1.11. The predicted molar refractivity (Wildman–Crippen MR) is 121 cm³/mol. The van der Waals surface area contributed by atoms with E-state index < -0.39 is 0 Å². The molecule has 0 spiro atoms. The molecule has 0 atom stereocenters. The fourth-order valence-electron chi connectivity index (χ4n) is 3.00. The quantitative estimate of drug-likeness (QED) is 0.586. The molecule has 0 aliphatic rings. The molecule has 3 amide bonds. The minimum Gasteiger partial charge on any atom is -0.497 e. The Morgan fingerprint density at radius 3 is 2.23 bits per heavy atom. The first-order valence-electron chi connectivity index (χ1n) is 9.69. The number of nitrogens with zero attached hydrogens (tertiary/aromatic N) is 1. The molecule has 3 aromatic rings. The Morgan fingerprint density at radius 2 is 1.55 bits per heavy atom. The molecular formula is C24H25N3O4. The minimum absolute atomic E-state index is 0.215. The fraction of sp³-hybridized carbons (Fsp3) is 0.167. The van der Waals surface area contributed by atoms with Gasteiger partial charge >= 0.3 is 6.03 Å². The van der Waals surface area contributed by atoms with Crippen molar-refractivity contribution < 1.29 is 19.1 Å². The first-order valence-corrected chi connectivity index (χ1v) is 9.69. The van der Waals surface area contributed by atoms with Crippen molar-refractivity contribution in [1.29, 1.82) is 0 Å².